The number of carbonyl (C=O) groups is 1. The van der Waals surface area contributed by atoms with Crippen LogP contribution in [0.2, 0.25) is 0 Å². The highest BCUT2D eigenvalue weighted by Crippen LogP contribution is 2.21. The number of halogens is 2. The monoisotopic (exact) mass is 402 g/mol. The first-order valence-electron chi connectivity index (χ1n) is 9.36. The van der Waals surface area contributed by atoms with Gasteiger partial charge in [0.15, 0.2) is 0 Å². The maximum atomic E-state index is 13.2. The van der Waals surface area contributed by atoms with Gasteiger partial charge in [-0.25, -0.2) is 22.7 Å². The summed E-state index contributed by atoms with van der Waals surface area (Å²) in [6, 6.07) is 4.43. The lowest BCUT2D eigenvalue weighted by Gasteiger charge is -2.30. The fourth-order valence-electron chi connectivity index (χ4n) is 3.38. The molecular formula is C19H20F2N6O2. The van der Waals surface area contributed by atoms with Gasteiger partial charge in [0.1, 0.15) is 24.0 Å². The van der Waals surface area contributed by atoms with Gasteiger partial charge in [-0.1, -0.05) is 6.92 Å². The van der Waals surface area contributed by atoms with Gasteiger partial charge in [-0.3, -0.25) is 4.79 Å². The lowest BCUT2D eigenvalue weighted by atomic mass is 9.99. The van der Waals surface area contributed by atoms with E-state index in [2.05, 4.69) is 27.2 Å². The van der Waals surface area contributed by atoms with Gasteiger partial charge in [-0.2, -0.15) is 4.98 Å². The van der Waals surface area contributed by atoms with Crippen LogP contribution in [0.5, 0.6) is 0 Å². The van der Waals surface area contributed by atoms with Gasteiger partial charge in [0, 0.05) is 31.0 Å². The summed E-state index contributed by atoms with van der Waals surface area (Å²) in [7, 11) is 0. The van der Waals surface area contributed by atoms with Crippen molar-refractivity contribution in [1.82, 2.24) is 19.2 Å². The van der Waals surface area contributed by atoms with E-state index in [4.69, 9.17) is 0 Å². The first kappa shape index (κ1) is 19.0. The highest BCUT2D eigenvalue weighted by Gasteiger charge is 2.19. The van der Waals surface area contributed by atoms with Crippen LogP contribution in [0, 0.1) is 17.6 Å². The van der Waals surface area contributed by atoms with E-state index in [1.54, 1.807) is 12.3 Å². The normalized spacial score (nSPS) is 15.1. The number of amides is 1. The molecular weight excluding hydrogens is 382 g/mol. The highest BCUT2D eigenvalue weighted by molar-refractivity contribution is 5.90. The first-order valence-corrected chi connectivity index (χ1v) is 9.36. The Kier molecular flexibility index (Phi) is 4.99. The predicted molar refractivity (Wildman–Crippen MR) is 103 cm³/mol. The third-order valence-corrected chi connectivity index (χ3v) is 4.99. The molecule has 10 heteroatoms. The summed E-state index contributed by atoms with van der Waals surface area (Å²) < 4.78 is 28.7. The lowest BCUT2D eigenvalue weighted by molar-refractivity contribution is -0.117. The number of anilines is 2. The molecule has 1 saturated heterocycles. The summed E-state index contributed by atoms with van der Waals surface area (Å²) in [4.78, 5) is 31.2. The maximum Gasteiger partial charge on any atom is 0.352 e. The SMILES string of the molecule is CC1CCN(c2ccn3c(=O)n(CC(=O)Nc4cc(F)cc(F)c4)nc3n2)CC1. The van der Waals surface area contributed by atoms with Crippen molar-refractivity contribution in [2.24, 2.45) is 5.92 Å². The molecule has 0 bridgehead atoms. The van der Waals surface area contributed by atoms with E-state index in [1.165, 1.54) is 4.40 Å². The van der Waals surface area contributed by atoms with E-state index in [1.807, 2.05) is 0 Å². The van der Waals surface area contributed by atoms with Crippen molar-refractivity contribution in [3.63, 3.8) is 0 Å². The molecule has 0 aliphatic carbocycles. The van der Waals surface area contributed by atoms with Crippen molar-refractivity contribution in [3.05, 3.63) is 52.6 Å². The number of hydrogen-bond acceptors (Lipinski definition) is 5. The van der Waals surface area contributed by atoms with E-state index in [0.717, 1.165) is 48.6 Å². The number of fused-ring (bicyclic) bond motifs is 1. The molecule has 1 N–H and O–H groups in total. The van der Waals surface area contributed by atoms with Crippen LogP contribution in [-0.2, 0) is 11.3 Å². The zero-order valence-corrected chi connectivity index (χ0v) is 15.8. The van der Waals surface area contributed by atoms with Crippen molar-refractivity contribution in [2.75, 3.05) is 23.3 Å². The van der Waals surface area contributed by atoms with Crippen LogP contribution in [0.25, 0.3) is 5.78 Å². The number of nitrogens with one attached hydrogen (secondary N) is 1. The minimum Gasteiger partial charge on any atom is -0.356 e. The zero-order chi connectivity index (χ0) is 20.5. The Labute approximate surface area is 164 Å². The average Bonchev–Trinajstić information content (AvgIpc) is 2.96. The molecule has 3 heterocycles. The third kappa shape index (κ3) is 4.10. The molecule has 1 amide bonds. The van der Waals surface area contributed by atoms with Gasteiger partial charge in [0.2, 0.25) is 5.91 Å². The molecule has 0 spiro atoms. The molecule has 0 atom stereocenters. The Morgan fingerprint density at radius 3 is 2.59 bits per heavy atom. The molecule has 29 heavy (non-hydrogen) atoms. The summed E-state index contributed by atoms with van der Waals surface area (Å²) in [5, 5.41) is 6.47. The van der Waals surface area contributed by atoms with Crippen LogP contribution in [0.1, 0.15) is 19.8 Å². The molecule has 0 saturated carbocycles. The second kappa shape index (κ2) is 7.61. The summed E-state index contributed by atoms with van der Waals surface area (Å²) in [5.41, 5.74) is -0.559. The van der Waals surface area contributed by atoms with E-state index in [0.29, 0.717) is 12.0 Å². The Bertz CT molecular complexity index is 1100. The summed E-state index contributed by atoms with van der Waals surface area (Å²) in [6.07, 6.45) is 3.74. The molecule has 0 radical (unpaired) electrons. The van der Waals surface area contributed by atoms with Gasteiger partial charge < -0.3 is 10.2 Å². The second-order valence-corrected chi connectivity index (χ2v) is 7.27. The Balaban J connectivity index is 1.52. The maximum absolute atomic E-state index is 13.2. The smallest absolute Gasteiger partial charge is 0.352 e. The largest absolute Gasteiger partial charge is 0.356 e. The van der Waals surface area contributed by atoms with Crippen LogP contribution in [-0.4, -0.2) is 38.2 Å². The number of carbonyl (C=O) groups excluding carboxylic acids is 1. The summed E-state index contributed by atoms with van der Waals surface area (Å²) >= 11 is 0. The molecule has 0 unspecified atom stereocenters. The quantitative estimate of drug-likeness (QED) is 0.722. The van der Waals surface area contributed by atoms with Crippen LogP contribution >= 0.6 is 0 Å². The fourth-order valence-corrected chi connectivity index (χ4v) is 3.38. The van der Waals surface area contributed by atoms with Crippen molar-refractivity contribution in [1.29, 1.82) is 0 Å². The summed E-state index contributed by atoms with van der Waals surface area (Å²) in [6.45, 7) is 3.60. The van der Waals surface area contributed by atoms with Crippen molar-refractivity contribution in [3.8, 4) is 0 Å². The standard InChI is InChI=1S/C19H20F2N6O2/c1-12-2-5-25(6-3-12)16-4-7-26-18(23-16)24-27(19(26)29)11-17(28)22-15-9-13(20)8-14(21)10-15/h4,7-10,12H,2-3,5-6,11H2,1H3,(H,22,28). The van der Waals surface area contributed by atoms with Gasteiger partial charge in [0.25, 0.3) is 5.78 Å². The van der Waals surface area contributed by atoms with Gasteiger partial charge in [-0.05, 0) is 37.0 Å². The summed E-state index contributed by atoms with van der Waals surface area (Å²) in [5.74, 6) is -0.646. The zero-order valence-electron chi connectivity index (χ0n) is 15.8. The minimum absolute atomic E-state index is 0.0379. The average molecular weight is 402 g/mol. The van der Waals surface area contributed by atoms with E-state index in [9.17, 15) is 18.4 Å². The van der Waals surface area contributed by atoms with Crippen molar-refractivity contribution in [2.45, 2.75) is 26.3 Å². The molecule has 1 fully saturated rings. The van der Waals surface area contributed by atoms with Gasteiger partial charge >= 0.3 is 5.69 Å². The molecule has 4 rings (SSSR count). The van der Waals surface area contributed by atoms with Crippen LogP contribution < -0.4 is 15.9 Å². The van der Waals surface area contributed by atoms with Crippen molar-refractivity contribution >= 4 is 23.2 Å². The molecule has 8 nitrogen and oxygen atoms in total. The molecule has 1 aromatic carbocycles. The molecule has 2 aromatic heterocycles. The fraction of sp³-hybridized carbons (Fsp3) is 0.368. The molecule has 1 aliphatic rings. The number of nitrogens with zero attached hydrogens (tertiary/aromatic N) is 5. The van der Waals surface area contributed by atoms with Gasteiger partial charge in [0.05, 0.1) is 0 Å². The van der Waals surface area contributed by atoms with Crippen molar-refractivity contribution < 1.29 is 13.6 Å². The number of aromatic nitrogens is 4. The number of piperidine rings is 1. The number of benzene rings is 1. The molecule has 1 aliphatic heterocycles. The molecule has 152 valence electrons. The van der Waals surface area contributed by atoms with E-state index < -0.39 is 29.8 Å². The lowest BCUT2D eigenvalue weighted by Crippen LogP contribution is -2.33. The van der Waals surface area contributed by atoms with Crippen LogP contribution in [0.4, 0.5) is 20.3 Å². The Morgan fingerprint density at radius 1 is 1.21 bits per heavy atom. The second-order valence-electron chi connectivity index (χ2n) is 7.27. The highest BCUT2D eigenvalue weighted by atomic mass is 19.1. The van der Waals surface area contributed by atoms with Crippen LogP contribution in [0.3, 0.4) is 0 Å². The Morgan fingerprint density at radius 2 is 1.90 bits per heavy atom. The predicted octanol–water partition coefficient (Wildman–Crippen LogP) is 2.04. The van der Waals surface area contributed by atoms with Gasteiger partial charge in [-0.15, -0.1) is 5.10 Å². The Hall–Kier alpha value is -3.30. The third-order valence-electron chi connectivity index (χ3n) is 4.99. The molecule has 3 aromatic rings. The van der Waals surface area contributed by atoms with Crippen LogP contribution in [0.15, 0.2) is 35.3 Å². The van der Waals surface area contributed by atoms with E-state index in [-0.39, 0.29) is 11.5 Å². The number of hydrogen-bond donors (Lipinski definition) is 1. The topological polar surface area (TPSA) is 84.5 Å². The van der Waals surface area contributed by atoms with E-state index >= 15 is 0 Å². The first-order chi connectivity index (χ1) is 13.9. The minimum atomic E-state index is -0.811. The number of rotatable bonds is 4.